The molecule has 1 heterocycles. The Labute approximate surface area is 107 Å². The lowest BCUT2D eigenvalue weighted by atomic mass is 10.2. The quantitative estimate of drug-likeness (QED) is 0.859. The largest absolute Gasteiger partial charge is 0.350 e. The van der Waals surface area contributed by atoms with E-state index in [1.165, 1.54) is 11.1 Å². The van der Waals surface area contributed by atoms with Crippen LogP contribution in [0.5, 0.6) is 0 Å². The summed E-state index contributed by atoms with van der Waals surface area (Å²) in [5.41, 5.74) is 2.58. The molecule has 0 amide bonds. The first kappa shape index (κ1) is 12.2. The van der Waals surface area contributed by atoms with Crippen molar-refractivity contribution >= 4 is 11.6 Å². The molecule has 1 aromatic carbocycles. The minimum Gasteiger partial charge on any atom is -0.350 e. The van der Waals surface area contributed by atoms with Gasteiger partial charge in [-0.25, -0.2) is 0 Å². The molecule has 0 aliphatic rings. The van der Waals surface area contributed by atoms with E-state index in [-0.39, 0.29) is 0 Å². The zero-order valence-corrected chi connectivity index (χ0v) is 10.7. The zero-order chi connectivity index (χ0) is 12.1. The summed E-state index contributed by atoms with van der Waals surface area (Å²) < 4.78 is 2.19. The van der Waals surface area contributed by atoms with Crippen LogP contribution in [0, 0.1) is 0 Å². The van der Waals surface area contributed by atoms with Gasteiger partial charge in [-0.3, -0.25) is 0 Å². The molecular weight excluding hydrogens is 232 g/mol. The van der Waals surface area contributed by atoms with Gasteiger partial charge in [-0.1, -0.05) is 30.7 Å². The third-order valence-corrected chi connectivity index (χ3v) is 2.92. The van der Waals surface area contributed by atoms with Crippen LogP contribution in [0.2, 0.25) is 5.02 Å². The number of halogens is 1. The van der Waals surface area contributed by atoms with Crippen molar-refractivity contribution in [2.75, 3.05) is 6.54 Å². The highest BCUT2D eigenvalue weighted by molar-refractivity contribution is 6.30. The van der Waals surface area contributed by atoms with Crippen LogP contribution in [-0.4, -0.2) is 11.1 Å². The Bertz CT molecular complexity index is 459. The molecule has 17 heavy (non-hydrogen) atoms. The molecule has 0 aliphatic heterocycles. The lowest BCUT2D eigenvalue weighted by Crippen LogP contribution is -2.11. The van der Waals surface area contributed by atoms with Gasteiger partial charge in [0.05, 0.1) is 0 Å². The number of hydrogen-bond donors (Lipinski definition) is 1. The van der Waals surface area contributed by atoms with Gasteiger partial charge in [0.1, 0.15) is 0 Å². The van der Waals surface area contributed by atoms with Gasteiger partial charge in [0, 0.05) is 30.5 Å². The van der Waals surface area contributed by atoms with Crippen LogP contribution in [-0.2, 0) is 13.1 Å². The van der Waals surface area contributed by atoms with Gasteiger partial charge >= 0.3 is 0 Å². The Morgan fingerprint density at radius 1 is 1.12 bits per heavy atom. The Balaban J connectivity index is 1.98. The molecule has 90 valence electrons. The van der Waals surface area contributed by atoms with Crippen LogP contribution in [0.25, 0.3) is 0 Å². The maximum absolute atomic E-state index is 5.86. The first-order chi connectivity index (χ1) is 8.28. The predicted molar refractivity (Wildman–Crippen MR) is 72.4 cm³/mol. The molecule has 0 radical (unpaired) electrons. The smallest absolute Gasteiger partial charge is 0.0470 e. The Morgan fingerprint density at radius 3 is 2.59 bits per heavy atom. The van der Waals surface area contributed by atoms with E-state index >= 15 is 0 Å². The summed E-state index contributed by atoms with van der Waals surface area (Å²) in [4.78, 5) is 0. The van der Waals surface area contributed by atoms with E-state index in [4.69, 9.17) is 11.6 Å². The first-order valence-corrected chi connectivity index (χ1v) is 6.25. The van der Waals surface area contributed by atoms with Crippen LogP contribution < -0.4 is 5.32 Å². The number of hydrogen-bond acceptors (Lipinski definition) is 1. The number of nitrogens with one attached hydrogen (secondary N) is 1. The van der Waals surface area contributed by atoms with E-state index in [9.17, 15) is 0 Å². The van der Waals surface area contributed by atoms with Crippen molar-refractivity contribution < 1.29 is 0 Å². The summed E-state index contributed by atoms with van der Waals surface area (Å²) >= 11 is 5.86. The number of rotatable bonds is 5. The average molecular weight is 249 g/mol. The molecule has 0 fully saturated rings. The van der Waals surface area contributed by atoms with Crippen molar-refractivity contribution in [3.05, 3.63) is 58.9 Å². The highest BCUT2D eigenvalue weighted by Gasteiger charge is 1.98. The molecular formula is C14H17ClN2. The molecule has 1 N–H and O–H groups in total. The monoisotopic (exact) mass is 248 g/mol. The summed E-state index contributed by atoms with van der Waals surface area (Å²) in [6.07, 6.45) is 4.29. The number of benzene rings is 1. The second kappa shape index (κ2) is 5.89. The molecule has 1 aromatic heterocycles. The molecule has 0 saturated heterocycles. The van der Waals surface area contributed by atoms with Gasteiger partial charge in [0.15, 0.2) is 0 Å². The van der Waals surface area contributed by atoms with E-state index in [1.54, 1.807) is 0 Å². The van der Waals surface area contributed by atoms with E-state index < -0.39 is 0 Å². The van der Waals surface area contributed by atoms with Crippen LogP contribution in [0.1, 0.15) is 18.1 Å². The van der Waals surface area contributed by atoms with Crippen LogP contribution >= 0.6 is 11.6 Å². The van der Waals surface area contributed by atoms with Crippen molar-refractivity contribution in [2.45, 2.75) is 20.0 Å². The van der Waals surface area contributed by atoms with Crippen LogP contribution in [0.15, 0.2) is 42.7 Å². The minimum atomic E-state index is 0.786. The highest BCUT2D eigenvalue weighted by Crippen LogP contribution is 2.11. The van der Waals surface area contributed by atoms with Crippen molar-refractivity contribution in [1.82, 2.24) is 9.88 Å². The summed E-state index contributed by atoms with van der Waals surface area (Å²) in [5.74, 6) is 0. The molecule has 0 spiro atoms. The van der Waals surface area contributed by atoms with E-state index in [2.05, 4.69) is 47.4 Å². The normalized spacial score (nSPS) is 10.7. The standard InChI is InChI=1S/C14H17ClN2/c1-2-16-9-13-7-8-17(11-13)10-12-3-5-14(15)6-4-12/h3-8,11,16H,2,9-10H2,1H3. The Morgan fingerprint density at radius 2 is 1.88 bits per heavy atom. The summed E-state index contributed by atoms with van der Waals surface area (Å²) in [7, 11) is 0. The molecule has 2 rings (SSSR count). The van der Waals surface area contributed by atoms with E-state index in [1.807, 2.05) is 12.1 Å². The van der Waals surface area contributed by atoms with Gasteiger partial charge < -0.3 is 9.88 Å². The molecule has 3 heteroatoms. The first-order valence-electron chi connectivity index (χ1n) is 5.87. The lowest BCUT2D eigenvalue weighted by molar-refractivity contribution is 0.721. The molecule has 0 bridgehead atoms. The summed E-state index contributed by atoms with van der Waals surface area (Å²) in [5, 5.41) is 4.10. The van der Waals surface area contributed by atoms with Gasteiger partial charge in [-0.15, -0.1) is 0 Å². The van der Waals surface area contributed by atoms with E-state index in [0.717, 1.165) is 24.7 Å². The van der Waals surface area contributed by atoms with Crippen molar-refractivity contribution in [3.8, 4) is 0 Å². The van der Waals surface area contributed by atoms with Crippen molar-refractivity contribution in [1.29, 1.82) is 0 Å². The van der Waals surface area contributed by atoms with Crippen LogP contribution in [0.4, 0.5) is 0 Å². The SMILES string of the molecule is CCNCc1ccn(Cc2ccc(Cl)cc2)c1. The molecule has 0 atom stereocenters. The maximum atomic E-state index is 5.86. The molecule has 2 aromatic rings. The third kappa shape index (κ3) is 3.62. The highest BCUT2D eigenvalue weighted by atomic mass is 35.5. The zero-order valence-electron chi connectivity index (χ0n) is 9.99. The Kier molecular flexibility index (Phi) is 4.24. The number of aromatic nitrogens is 1. The minimum absolute atomic E-state index is 0.786. The molecule has 2 nitrogen and oxygen atoms in total. The Hall–Kier alpha value is -1.25. The second-order valence-corrected chi connectivity index (χ2v) is 4.54. The van der Waals surface area contributed by atoms with Gasteiger partial charge in [-0.05, 0) is 35.9 Å². The van der Waals surface area contributed by atoms with Crippen LogP contribution in [0.3, 0.4) is 0 Å². The van der Waals surface area contributed by atoms with Crippen molar-refractivity contribution in [2.24, 2.45) is 0 Å². The van der Waals surface area contributed by atoms with E-state index in [0.29, 0.717) is 0 Å². The average Bonchev–Trinajstić information content (AvgIpc) is 2.77. The maximum Gasteiger partial charge on any atom is 0.0470 e. The second-order valence-electron chi connectivity index (χ2n) is 4.10. The van der Waals surface area contributed by atoms with Crippen molar-refractivity contribution in [3.63, 3.8) is 0 Å². The third-order valence-electron chi connectivity index (χ3n) is 2.67. The fourth-order valence-electron chi connectivity index (χ4n) is 1.76. The van der Waals surface area contributed by atoms with Gasteiger partial charge in [0.2, 0.25) is 0 Å². The lowest BCUT2D eigenvalue weighted by Gasteiger charge is -2.03. The molecule has 0 saturated carbocycles. The van der Waals surface area contributed by atoms with Gasteiger partial charge in [-0.2, -0.15) is 0 Å². The number of nitrogens with zero attached hydrogens (tertiary/aromatic N) is 1. The molecule has 0 aliphatic carbocycles. The fourth-order valence-corrected chi connectivity index (χ4v) is 1.89. The fraction of sp³-hybridized carbons (Fsp3) is 0.286. The molecule has 0 unspecified atom stereocenters. The summed E-state index contributed by atoms with van der Waals surface area (Å²) in [6, 6.07) is 10.1. The topological polar surface area (TPSA) is 17.0 Å². The summed E-state index contributed by atoms with van der Waals surface area (Å²) in [6.45, 7) is 4.94. The predicted octanol–water partition coefficient (Wildman–Crippen LogP) is 3.30. The van der Waals surface area contributed by atoms with Gasteiger partial charge in [0.25, 0.3) is 0 Å².